The van der Waals surface area contributed by atoms with E-state index in [4.69, 9.17) is 0 Å². The third kappa shape index (κ3) is 3.34. The molecule has 0 aromatic heterocycles. The van der Waals surface area contributed by atoms with Gasteiger partial charge in [-0.3, -0.25) is 9.79 Å². The Morgan fingerprint density at radius 3 is 2.33 bits per heavy atom. The van der Waals surface area contributed by atoms with Crippen LogP contribution in [0, 0.1) is 0 Å². The van der Waals surface area contributed by atoms with E-state index in [-0.39, 0.29) is 5.78 Å². The molecule has 0 aromatic carbocycles. The van der Waals surface area contributed by atoms with Gasteiger partial charge >= 0.3 is 0 Å². The summed E-state index contributed by atoms with van der Waals surface area (Å²) in [6.45, 7) is 1.47. The fraction of sp³-hybridized carbons (Fsp3) is 0.500. The van der Waals surface area contributed by atoms with Crippen molar-refractivity contribution in [2.45, 2.75) is 6.92 Å². The van der Waals surface area contributed by atoms with Crippen molar-refractivity contribution in [1.29, 1.82) is 0 Å². The highest BCUT2D eigenvalue weighted by Gasteiger charge is 1.74. The van der Waals surface area contributed by atoms with Crippen molar-refractivity contribution in [3.8, 4) is 0 Å². The topological polar surface area (TPSA) is 29.4 Å². The van der Waals surface area contributed by atoms with Gasteiger partial charge in [-0.05, 0) is 0 Å². The summed E-state index contributed by atoms with van der Waals surface area (Å²) in [4.78, 5) is 13.4. The summed E-state index contributed by atoms with van der Waals surface area (Å²) in [5, 5.41) is 0. The molecule has 2 nitrogen and oxygen atoms in total. The maximum absolute atomic E-state index is 9.89. The highest BCUT2D eigenvalue weighted by atomic mass is 16.1. The molecule has 0 saturated carbocycles. The number of hydrogen-bond donors (Lipinski definition) is 0. The maximum Gasteiger partial charge on any atom is 0.170 e. The zero-order valence-corrected chi connectivity index (χ0v) is 3.93. The summed E-state index contributed by atoms with van der Waals surface area (Å²) in [6.07, 6.45) is 1.28. The molecule has 0 N–H and O–H groups in total. The molecular weight excluding hydrogens is 78.0 g/mol. The van der Waals surface area contributed by atoms with Crippen LogP contribution in [0.1, 0.15) is 6.92 Å². The molecule has 0 rings (SSSR count). The predicted molar refractivity (Wildman–Crippen MR) is 25.1 cm³/mol. The molecule has 0 heterocycles. The van der Waals surface area contributed by atoms with Gasteiger partial charge in [0.1, 0.15) is 0 Å². The fourth-order valence-electron chi connectivity index (χ4n) is 0.182. The lowest BCUT2D eigenvalue weighted by molar-refractivity contribution is -0.110. The van der Waals surface area contributed by atoms with Crippen LogP contribution in [0.25, 0.3) is 0 Å². The Kier molecular flexibility index (Phi) is 2.29. The second-order valence-corrected chi connectivity index (χ2v) is 0.998. The molecule has 0 radical (unpaired) electrons. The van der Waals surface area contributed by atoms with Crippen LogP contribution in [0.3, 0.4) is 0 Å². The highest BCUT2D eigenvalue weighted by Crippen LogP contribution is 1.56. The van der Waals surface area contributed by atoms with E-state index in [1.807, 2.05) is 0 Å². The van der Waals surface area contributed by atoms with Crippen LogP contribution in [-0.2, 0) is 4.79 Å². The Labute approximate surface area is 36.9 Å². The van der Waals surface area contributed by atoms with Crippen LogP contribution in [0.15, 0.2) is 4.99 Å². The lowest BCUT2D eigenvalue weighted by atomic mass is 10.5. The summed E-state index contributed by atoms with van der Waals surface area (Å²) < 4.78 is 0. The summed E-state index contributed by atoms with van der Waals surface area (Å²) in [5.74, 6) is -0.00231. The zero-order chi connectivity index (χ0) is 4.99. The monoisotopic (exact) mass is 85.1 g/mol. The third-order valence-electron chi connectivity index (χ3n) is 0.311. The lowest BCUT2D eigenvalue weighted by Gasteiger charge is -1.68. The molecule has 0 aromatic rings. The Balaban J connectivity index is 3.30. The Morgan fingerprint density at radius 2 is 2.33 bits per heavy atom. The van der Waals surface area contributed by atoms with Gasteiger partial charge in [0.05, 0.1) is 6.21 Å². The number of carbonyl (C=O) groups excluding carboxylic acids is 1. The van der Waals surface area contributed by atoms with Crippen LogP contribution in [0.5, 0.6) is 0 Å². The number of nitrogens with zero attached hydrogens (tertiary/aromatic N) is 1. The highest BCUT2D eigenvalue weighted by molar-refractivity contribution is 6.26. The van der Waals surface area contributed by atoms with Gasteiger partial charge in [-0.2, -0.15) is 0 Å². The van der Waals surface area contributed by atoms with Crippen LogP contribution in [0.2, 0.25) is 0 Å². The molecule has 0 fully saturated rings. The van der Waals surface area contributed by atoms with Crippen LogP contribution in [-0.4, -0.2) is 19.0 Å². The quantitative estimate of drug-likeness (QED) is 0.420. The predicted octanol–water partition coefficient (Wildman–Crippen LogP) is 0.276. The first-order chi connectivity index (χ1) is 2.77. The average molecular weight is 85.1 g/mol. The lowest BCUT2D eigenvalue weighted by Crippen LogP contribution is -1.87. The molecule has 0 amide bonds. The van der Waals surface area contributed by atoms with Gasteiger partial charge in [-0.15, -0.1) is 0 Å². The van der Waals surface area contributed by atoms with E-state index >= 15 is 0 Å². The Morgan fingerprint density at radius 1 is 1.83 bits per heavy atom. The number of rotatable bonds is 1. The van der Waals surface area contributed by atoms with Gasteiger partial charge in [0.25, 0.3) is 0 Å². The summed E-state index contributed by atoms with van der Waals surface area (Å²) >= 11 is 0. The van der Waals surface area contributed by atoms with Gasteiger partial charge in [0.15, 0.2) is 5.78 Å². The zero-order valence-electron chi connectivity index (χ0n) is 3.93. The number of ketones is 1. The van der Waals surface area contributed by atoms with Crippen molar-refractivity contribution >= 4 is 12.0 Å². The third-order valence-corrected chi connectivity index (χ3v) is 0.311. The van der Waals surface area contributed by atoms with Crippen LogP contribution in [0.4, 0.5) is 0 Å². The van der Waals surface area contributed by atoms with Crippen molar-refractivity contribution in [2.24, 2.45) is 4.99 Å². The Bertz CT molecular complexity index is 75.6. The van der Waals surface area contributed by atoms with Crippen molar-refractivity contribution in [3.63, 3.8) is 0 Å². The first-order valence-electron chi connectivity index (χ1n) is 1.70. The van der Waals surface area contributed by atoms with Crippen molar-refractivity contribution in [2.75, 3.05) is 7.05 Å². The largest absolute Gasteiger partial charge is 0.293 e. The molecule has 0 bridgehead atoms. The van der Waals surface area contributed by atoms with E-state index in [0.29, 0.717) is 0 Å². The Hall–Kier alpha value is -0.660. The van der Waals surface area contributed by atoms with Gasteiger partial charge in [0, 0.05) is 14.0 Å². The minimum absolute atomic E-state index is 0.00231. The first kappa shape index (κ1) is 5.34. The number of Topliss-reactive ketones (excluding diaryl/α,β-unsaturated/α-hetero) is 1. The summed E-state index contributed by atoms with van der Waals surface area (Å²) in [7, 11) is 1.57. The molecule has 6 heavy (non-hydrogen) atoms. The molecule has 0 spiro atoms. The fourth-order valence-corrected chi connectivity index (χ4v) is 0.182. The van der Waals surface area contributed by atoms with Crippen molar-refractivity contribution in [1.82, 2.24) is 0 Å². The molecular formula is C4H7NO. The molecule has 0 aliphatic carbocycles. The van der Waals surface area contributed by atoms with E-state index in [1.54, 1.807) is 7.05 Å². The molecule has 0 atom stereocenters. The van der Waals surface area contributed by atoms with E-state index in [0.717, 1.165) is 0 Å². The summed E-state index contributed by atoms with van der Waals surface area (Å²) in [5.41, 5.74) is 0. The molecule has 0 aliphatic heterocycles. The number of carbonyl (C=O) groups is 1. The molecule has 34 valence electrons. The van der Waals surface area contributed by atoms with E-state index in [9.17, 15) is 4.79 Å². The summed E-state index contributed by atoms with van der Waals surface area (Å²) in [6, 6.07) is 0. The minimum Gasteiger partial charge on any atom is -0.293 e. The van der Waals surface area contributed by atoms with Gasteiger partial charge in [-0.1, -0.05) is 0 Å². The average Bonchev–Trinajstić information content (AvgIpc) is 1.35. The second-order valence-electron chi connectivity index (χ2n) is 0.998. The standard InChI is InChI=1S/C4H7NO/c1-4(6)3-5-2/h3H,1-2H3/b5-3+. The maximum atomic E-state index is 9.89. The molecule has 2 heteroatoms. The number of aliphatic imine (C=N–C) groups is 1. The van der Waals surface area contributed by atoms with Crippen LogP contribution >= 0.6 is 0 Å². The minimum atomic E-state index is -0.00231. The van der Waals surface area contributed by atoms with Crippen molar-refractivity contribution in [3.05, 3.63) is 0 Å². The van der Waals surface area contributed by atoms with E-state index < -0.39 is 0 Å². The smallest absolute Gasteiger partial charge is 0.170 e. The van der Waals surface area contributed by atoms with Crippen LogP contribution < -0.4 is 0 Å². The SMILES string of the molecule is C/N=C/C(C)=O. The molecule has 0 saturated heterocycles. The molecule has 0 aliphatic rings. The van der Waals surface area contributed by atoms with E-state index in [2.05, 4.69) is 4.99 Å². The normalized spacial score (nSPS) is 9.67. The number of hydrogen-bond acceptors (Lipinski definition) is 2. The van der Waals surface area contributed by atoms with Gasteiger partial charge in [-0.25, -0.2) is 0 Å². The van der Waals surface area contributed by atoms with Gasteiger partial charge in [0.2, 0.25) is 0 Å². The van der Waals surface area contributed by atoms with Crippen molar-refractivity contribution < 1.29 is 4.79 Å². The first-order valence-corrected chi connectivity index (χ1v) is 1.70. The molecule has 0 unspecified atom stereocenters. The van der Waals surface area contributed by atoms with E-state index in [1.165, 1.54) is 13.1 Å². The second kappa shape index (κ2) is 2.57. The van der Waals surface area contributed by atoms with Gasteiger partial charge < -0.3 is 0 Å².